The zero-order valence-electron chi connectivity index (χ0n) is 18.1. The van der Waals surface area contributed by atoms with Gasteiger partial charge in [0.05, 0.1) is 17.9 Å². The molecular formula is C26H25N3O4. The third kappa shape index (κ3) is 4.72. The summed E-state index contributed by atoms with van der Waals surface area (Å²) in [4.78, 5) is 31.7. The van der Waals surface area contributed by atoms with Crippen LogP contribution >= 0.6 is 0 Å². The number of ether oxygens (including phenoxy) is 1. The van der Waals surface area contributed by atoms with Crippen molar-refractivity contribution < 1.29 is 19.4 Å². The lowest BCUT2D eigenvalue weighted by atomic mass is 9.95. The first kappa shape index (κ1) is 22.1. The molecular weight excluding hydrogens is 418 g/mol. The van der Waals surface area contributed by atoms with Crippen molar-refractivity contribution in [3.63, 3.8) is 0 Å². The van der Waals surface area contributed by atoms with E-state index in [1.54, 1.807) is 55.0 Å². The summed E-state index contributed by atoms with van der Waals surface area (Å²) in [5.41, 5.74) is 1.25. The summed E-state index contributed by atoms with van der Waals surface area (Å²) >= 11 is 0. The number of hydrogen-bond donors (Lipinski definition) is 1. The number of ketones is 1. The molecule has 1 saturated heterocycles. The molecule has 1 aromatic heterocycles. The van der Waals surface area contributed by atoms with Gasteiger partial charge in [0.15, 0.2) is 0 Å². The molecule has 2 heterocycles. The molecule has 7 nitrogen and oxygen atoms in total. The van der Waals surface area contributed by atoms with Crippen molar-refractivity contribution in [2.45, 2.75) is 19.0 Å². The molecule has 0 bridgehead atoms. The molecule has 0 radical (unpaired) electrons. The molecule has 1 atom stereocenters. The van der Waals surface area contributed by atoms with E-state index in [0.29, 0.717) is 43.0 Å². The van der Waals surface area contributed by atoms with Crippen LogP contribution in [0.5, 0.6) is 5.75 Å². The predicted molar refractivity (Wildman–Crippen MR) is 124 cm³/mol. The lowest BCUT2D eigenvalue weighted by molar-refractivity contribution is -0.139. The zero-order valence-corrected chi connectivity index (χ0v) is 18.1. The van der Waals surface area contributed by atoms with Crippen LogP contribution in [0.1, 0.15) is 23.6 Å². The molecule has 2 aromatic carbocycles. The Kier molecular flexibility index (Phi) is 6.69. The number of aliphatic hydroxyl groups is 1. The van der Waals surface area contributed by atoms with Gasteiger partial charge >= 0.3 is 0 Å². The number of imidazole rings is 1. The summed E-state index contributed by atoms with van der Waals surface area (Å²) in [6.45, 7) is 4.99. The lowest BCUT2D eigenvalue weighted by Crippen LogP contribution is -2.31. The minimum Gasteiger partial charge on any atom is -0.507 e. The molecule has 0 unspecified atom stereocenters. The van der Waals surface area contributed by atoms with E-state index in [0.717, 1.165) is 0 Å². The Bertz CT molecular complexity index is 1170. The van der Waals surface area contributed by atoms with Gasteiger partial charge in [-0.2, -0.15) is 0 Å². The standard InChI is InChI=1S/C26H25N3O4/c1-2-16-33-21-11-6-10-20(17-21)23-22(24(30)19-8-4-3-5-9-19)25(31)26(32)29(23)14-7-13-28-15-12-27-18-28/h2-6,8-12,15,17-18,23,30H,1,7,13-14,16H2/b24-22+/t23-/m0/s1. The fourth-order valence-electron chi connectivity index (χ4n) is 3.98. The van der Waals surface area contributed by atoms with Gasteiger partial charge in [0, 0.05) is 31.0 Å². The number of Topliss-reactive ketones (excluding diaryl/α,β-unsaturated/α-hetero) is 1. The number of aromatic nitrogens is 2. The first-order valence-electron chi connectivity index (χ1n) is 10.7. The first-order chi connectivity index (χ1) is 16.1. The number of hydrogen-bond acceptors (Lipinski definition) is 5. The third-order valence-electron chi connectivity index (χ3n) is 5.50. The molecule has 1 fully saturated rings. The second-order valence-corrected chi connectivity index (χ2v) is 7.68. The van der Waals surface area contributed by atoms with Gasteiger partial charge in [-0.1, -0.05) is 55.1 Å². The van der Waals surface area contributed by atoms with Crippen molar-refractivity contribution in [3.05, 3.63) is 103 Å². The van der Waals surface area contributed by atoms with Gasteiger partial charge in [0.1, 0.15) is 18.1 Å². The number of nitrogens with zero attached hydrogens (tertiary/aromatic N) is 3. The van der Waals surface area contributed by atoms with E-state index >= 15 is 0 Å². The molecule has 168 valence electrons. The Balaban J connectivity index is 1.73. The van der Waals surface area contributed by atoms with Crippen LogP contribution < -0.4 is 4.74 Å². The van der Waals surface area contributed by atoms with Crippen molar-refractivity contribution in [1.29, 1.82) is 0 Å². The number of benzene rings is 2. The van der Waals surface area contributed by atoms with Crippen LogP contribution in [0.2, 0.25) is 0 Å². The van der Waals surface area contributed by atoms with Gasteiger partial charge in [-0.3, -0.25) is 9.59 Å². The molecule has 7 heteroatoms. The number of carbonyl (C=O) groups excluding carboxylic acids is 2. The van der Waals surface area contributed by atoms with Crippen molar-refractivity contribution in [2.75, 3.05) is 13.2 Å². The molecule has 3 aromatic rings. The average molecular weight is 444 g/mol. The SMILES string of the molecule is C=CCOc1cccc([C@H]2/C(=C(\O)c3ccccc3)C(=O)C(=O)N2CCCn2ccnc2)c1. The average Bonchev–Trinajstić information content (AvgIpc) is 3.45. The van der Waals surface area contributed by atoms with Crippen LogP contribution in [-0.2, 0) is 16.1 Å². The number of likely N-dealkylation sites (tertiary alicyclic amines) is 1. The zero-order chi connectivity index (χ0) is 23.2. The Morgan fingerprint density at radius 1 is 1.12 bits per heavy atom. The van der Waals surface area contributed by atoms with E-state index in [9.17, 15) is 14.7 Å². The molecule has 1 aliphatic rings. The Morgan fingerprint density at radius 2 is 1.94 bits per heavy atom. The van der Waals surface area contributed by atoms with Crippen molar-refractivity contribution in [3.8, 4) is 5.75 Å². The fraction of sp³-hybridized carbons (Fsp3) is 0.192. The molecule has 1 N–H and O–H groups in total. The highest BCUT2D eigenvalue weighted by molar-refractivity contribution is 6.46. The van der Waals surface area contributed by atoms with Gasteiger partial charge in [-0.15, -0.1) is 0 Å². The fourth-order valence-corrected chi connectivity index (χ4v) is 3.98. The van der Waals surface area contributed by atoms with E-state index in [2.05, 4.69) is 11.6 Å². The summed E-state index contributed by atoms with van der Waals surface area (Å²) in [7, 11) is 0. The van der Waals surface area contributed by atoms with Crippen LogP contribution in [0.25, 0.3) is 5.76 Å². The van der Waals surface area contributed by atoms with Crippen LogP contribution in [0.3, 0.4) is 0 Å². The first-order valence-corrected chi connectivity index (χ1v) is 10.7. The normalized spacial score (nSPS) is 17.3. The third-order valence-corrected chi connectivity index (χ3v) is 5.50. The van der Waals surface area contributed by atoms with E-state index in [-0.39, 0.29) is 11.3 Å². The second-order valence-electron chi connectivity index (χ2n) is 7.68. The van der Waals surface area contributed by atoms with Gasteiger partial charge in [0.25, 0.3) is 11.7 Å². The number of aryl methyl sites for hydroxylation is 1. The van der Waals surface area contributed by atoms with Crippen LogP contribution in [0.15, 0.2) is 91.5 Å². The van der Waals surface area contributed by atoms with E-state index in [1.165, 1.54) is 4.90 Å². The molecule has 1 amide bonds. The van der Waals surface area contributed by atoms with Crippen molar-refractivity contribution in [2.24, 2.45) is 0 Å². The maximum absolute atomic E-state index is 13.1. The predicted octanol–water partition coefficient (Wildman–Crippen LogP) is 3.96. The number of carbonyl (C=O) groups is 2. The molecule has 0 spiro atoms. The summed E-state index contributed by atoms with van der Waals surface area (Å²) in [6, 6.07) is 15.3. The monoisotopic (exact) mass is 443 g/mol. The minimum atomic E-state index is -0.722. The quantitative estimate of drug-likeness (QED) is 0.234. The summed E-state index contributed by atoms with van der Waals surface area (Å²) < 4.78 is 7.58. The van der Waals surface area contributed by atoms with Crippen LogP contribution in [-0.4, -0.2) is 44.4 Å². The molecule has 0 aliphatic carbocycles. The van der Waals surface area contributed by atoms with Crippen LogP contribution in [0, 0.1) is 0 Å². The molecule has 4 rings (SSSR count). The maximum Gasteiger partial charge on any atom is 0.295 e. The van der Waals surface area contributed by atoms with Gasteiger partial charge in [-0.05, 0) is 24.1 Å². The van der Waals surface area contributed by atoms with Gasteiger partial charge in [-0.25, -0.2) is 4.98 Å². The number of rotatable bonds is 9. The molecule has 1 aliphatic heterocycles. The molecule has 33 heavy (non-hydrogen) atoms. The van der Waals surface area contributed by atoms with E-state index in [1.807, 2.05) is 29.0 Å². The lowest BCUT2D eigenvalue weighted by Gasteiger charge is -2.25. The Morgan fingerprint density at radius 3 is 2.67 bits per heavy atom. The summed E-state index contributed by atoms with van der Waals surface area (Å²) in [5.74, 6) is -0.911. The van der Waals surface area contributed by atoms with E-state index in [4.69, 9.17) is 4.74 Å². The highest BCUT2D eigenvalue weighted by Gasteiger charge is 2.45. The highest BCUT2D eigenvalue weighted by atomic mass is 16.5. The van der Waals surface area contributed by atoms with Gasteiger partial charge in [0.2, 0.25) is 0 Å². The summed E-state index contributed by atoms with van der Waals surface area (Å²) in [5, 5.41) is 11.1. The molecule has 0 saturated carbocycles. The Hall–Kier alpha value is -4.13. The maximum atomic E-state index is 13.1. The van der Waals surface area contributed by atoms with Gasteiger partial charge < -0.3 is 19.3 Å². The number of amides is 1. The Labute approximate surface area is 192 Å². The topological polar surface area (TPSA) is 84.7 Å². The van der Waals surface area contributed by atoms with Crippen molar-refractivity contribution >= 4 is 17.4 Å². The highest BCUT2D eigenvalue weighted by Crippen LogP contribution is 2.40. The second kappa shape index (κ2) is 9.99. The minimum absolute atomic E-state index is 0.0784. The van der Waals surface area contributed by atoms with Crippen molar-refractivity contribution in [1.82, 2.24) is 14.5 Å². The summed E-state index contributed by atoms with van der Waals surface area (Å²) in [6.07, 6.45) is 7.52. The van der Waals surface area contributed by atoms with Crippen LogP contribution in [0.4, 0.5) is 0 Å². The van der Waals surface area contributed by atoms with E-state index < -0.39 is 17.7 Å². The largest absolute Gasteiger partial charge is 0.507 e. The number of aliphatic hydroxyl groups excluding tert-OH is 1. The smallest absolute Gasteiger partial charge is 0.295 e.